The minimum Gasteiger partial charge on any atom is -0.339 e. The van der Waals surface area contributed by atoms with Crippen molar-refractivity contribution in [3.8, 4) is 0 Å². The second kappa shape index (κ2) is 4.86. The Morgan fingerprint density at radius 2 is 1.81 bits per heavy atom. The lowest BCUT2D eigenvalue weighted by atomic mass is 9.85. The molecule has 21 heavy (non-hydrogen) atoms. The van der Waals surface area contributed by atoms with Gasteiger partial charge < -0.3 is 9.80 Å². The van der Waals surface area contributed by atoms with Gasteiger partial charge in [-0.3, -0.25) is 9.59 Å². The number of nitrogens with zero attached hydrogens (tertiary/aromatic N) is 2. The van der Waals surface area contributed by atoms with E-state index in [0.717, 1.165) is 37.2 Å². The van der Waals surface area contributed by atoms with Crippen molar-refractivity contribution in [1.29, 1.82) is 0 Å². The zero-order valence-corrected chi connectivity index (χ0v) is 13.0. The van der Waals surface area contributed by atoms with Gasteiger partial charge in [0.1, 0.15) is 0 Å². The molecule has 3 rings (SSSR count). The lowest BCUT2D eigenvalue weighted by Crippen LogP contribution is -2.35. The maximum atomic E-state index is 12.6. The Morgan fingerprint density at radius 3 is 2.48 bits per heavy atom. The molecule has 4 nitrogen and oxygen atoms in total. The summed E-state index contributed by atoms with van der Waals surface area (Å²) in [5.74, 6) is 0.176. The lowest BCUT2D eigenvalue weighted by Gasteiger charge is -2.27. The Balaban J connectivity index is 1.95. The SMILES string of the molecule is CN1C(=O)C(C)(C)c2cc(C(=O)N3CCCCC3)ccc21. The largest absolute Gasteiger partial charge is 0.339 e. The molecule has 1 aromatic rings. The summed E-state index contributed by atoms with van der Waals surface area (Å²) in [5, 5.41) is 0. The van der Waals surface area contributed by atoms with Crippen molar-refractivity contribution >= 4 is 17.5 Å². The van der Waals surface area contributed by atoms with Gasteiger partial charge in [0.2, 0.25) is 5.91 Å². The number of hydrogen-bond acceptors (Lipinski definition) is 2. The lowest BCUT2D eigenvalue weighted by molar-refractivity contribution is -0.121. The van der Waals surface area contributed by atoms with Crippen LogP contribution in [0.25, 0.3) is 0 Å². The van der Waals surface area contributed by atoms with Crippen LogP contribution in [0.4, 0.5) is 5.69 Å². The van der Waals surface area contributed by atoms with E-state index in [9.17, 15) is 9.59 Å². The Kier molecular flexibility index (Phi) is 3.27. The summed E-state index contributed by atoms with van der Waals surface area (Å²) in [7, 11) is 1.79. The first-order valence-electron chi connectivity index (χ1n) is 7.65. The van der Waals surface area contributed by atoms with Crippen LogP contribution < -0.4 is 4.90 Å². The number of hydrogen-bond donors (Lipinski definition) is 0. The number of fused-ring (bicyclic) bond motifs is 1. The molecule has 1 fully saturated rings. The number of carbonyl (C=O) groups is 2. The van der Waals surface area contributed by atoms with Gasteiger partial charge in [-0.15, -0.1) is 0 Å². The number of amides is 2. The summed E-state index contributed by atoms with van der Waals surface area (Å²) in [6.45, 7) is 5.54. The van der Waals surface area contributed by atoms with Crippen LogP contribution in [0.1, 0.15) is 49.0 Å². The molecular weight excluding hydrogens is 264 g/mol. The molecule has 0 atom stereocenters. The van der Waals surface area contributed by atoms with E-state index in [1.807, 2.05) is 36.9 Å². The molecule has 112 valence electrons. The van der Waals surface area contributed by atoms with Crippen molar-refractivity contribution in [2.24, 2.45) is 0 Å². The highest BCUT2D eigenvalue weighted by molar-refractivity contribution is 6.08. The van der Waals surface area contributed by atoms with Crippen molar-refractivity contribution in [2.75, 3.05) is 25.0 Å². The summed E-state index contributed by atoms with van der Waals surface area (Å²) < 4.78 is 0. The van der Waals surface area contributed by atoms with Gasteiger partial charge in [0.15, 0.2) is 0 Å². The average molecular weight is 286 g/mol. The predicted molar refractivity (Wildman–Crippen MR) is 82.6 cm³/mol. The molecule has 2 aliphatic rings. The van der Waals surface area contributed by atoms with Crippen LogP contribution in [-0.4, -0.2) is 36.9 Å². The van der Waals surface area contributed by atoms with Gasteiger partial charge >= 0.3 is 0 Å². The summed E-state index contributed by atoms with van der Waals surface area (Å²) in [6.07, 6.45) is 3.38. The van der Waals surface area contributed by atoms with Crippen LogP contribution in [-0.2, 0) is 10.2 Å². The third kappa shape index (κ3) is 2.13. The summed E-state index contributed by atoms with van der Waals surface area (Å²) >= 11 is 0. The van der Waals surface area contributed by atoms with Crippen molar-refractivity contribution in [3.05, 3.63) is 29.3 Å². The highest BCUT2D eigenvalue weighted by Crippen LogP contribution is 2.41. The number of anilines is 1. The molecule has 0 saturated carbocycles. The summed E-state index contributed by atoms with van der Waals surface area (Å²) in [5.41, 5.74) is 2.02. The molecule has 0 radical (unpaired) electrons. The number of rotatable bonds is 1. The van der Waals surface area contributed by atoms with Crippen LogP contribution in [0, 0.1) is 0 Å². The van der Waals surface area contributed by atoms with Crippen LogP contribution in [0.15, 0.2) is 18.2 Å². The van der Waals surface area contributed by atoms with E-state index in [1.54, 1.807) is 11.9 Å². The average Bonchev–Trinajstić information content (AvgIpc) is 2.68. The minimum atomic E-state index is -0.553. The standard InChI is InChI=1S/C17H22N2O2/c1-17(2)13-11-12(7-8-14(13)18(3)16(17)21)15(20)19-9-5-4-6-10-19/h7-8,11H,4-6,9-10H2,1-3H3. The smallest absolute Gasteiger partial charge is 0.253 e. The number of likely N-dealkylation sites (tertiary alicyclic amines) is 1. The van der Waals surface area contributed by atoms with Crippen molar-refractivity contribution in [2.45, 2.75) is 38.5 Å². The Bertz CT molecular complexity index is 601. The molecule has 2 aliphatic heterocycles. The fourth-order valence-electron chi connectivity index (χ4n) is 3.39. The zero-order valence-electron chi connectivity index (χ0n) is 13.0. The molecule has 2 heterocycles. The van der Waals surface area contributed by atoms with Gasteiger partial charge in [-0.05, 0) is 56.9 Å². The molecule has 0 spiro atoms. The molecule has 1 saturated heterocycles. The fraction of sp³-hybridized carbons (Fsp3) is 0.529. The van der Waals surface area contributed by atoms with Crippen molar-refractivity contribution in [3.63, 3.8) is 0 Å². The molecule has 2 amide bonds. The monoisotopic (exact) mass is 286 g/mol. The predicted octanol–water partition coefficient (Wildman–Crippen LogP) is 2.57. The third-order valence-corrected chi connectivity index (χ3v) is 4.76. The normalized spacial score (nSPS) is 20.6. The Hall–Kier alpha value is -1.84. The van der Waals surface area contributed by atoms with Gasteiger partial charge in [0.05, 0.1) is 5.41 Å². The van der Waals surface area contributed by atoms with Gasteiger partial charge in [-0.25, -0.2) is 0 Å². The highest BCUT2D eigenvalue weighted by Gasteiger charge is 2.42. The first-order chi connectivity index (χ1) is 9.93. The van der Waals surface area contributed by atoms with Crippen LogP contribution in [0.5, 0.6) is 0 Å². The van der Waals surface area contributed by atoms with Crippen LogP contribution in [0.3, 0.4) is 0 Å². The van der Waals surface area contributed by atoms with E-state index in [1.165, 1.54) is 6.42 Å². The number of piperidine rings is 1. The molecule has 1 aromatic carbocycles. The zero-order chi connectivity index (χ0) is 15.2. The molecule has 0 N–H and O–H groups in total. The maximum absolute atomic E-state index is 12.6. The Morgan fingerprint density at radius 1 is 1.14 bits per heavy atom. The first kappa shape index (κ1) is 14.1. The fourth-order valence-corrected chi connectivity index (χ4v) is 3.39. The van der Waals surface area contributed by atoms with Gasteiger partial charge in [-0.2, -0.15) is 0 Å². The van der Waals surface area contributed by atoms with E-state index in [2.05, 4.69) is 0 Å². The maximum Gasteiger partial charge on any atom is 0.253 e. The van der Waals surface area contributed by atoms with E-state index in [4.69, 9.17) is 0 Å². The third-order valence-electron chi connectivity index (χ3n) is 4.76. The second-order valence-corrected chi connectivity index (χ2v) is 6.57. The van der Waals surface area contributed by atoms with E-state index >= 15 is 0 Å². The number of benzene rings is 1. The quantitative estimate of drug-likeness (QED) is 0.796. The minimum absolute atomic E-state index is 0.0834. The molecule has 0 unspecified atom stereocenters. The van der Waals surface area contributed by atoms with Crippen LogP contribution >= 0.6 is 0 Å². The number of carbonyl (C=O) groups excluding carboxylic acids is 2. The first-order valence-corrected chi connectivity index (χ1v) is 7.65. The van der Waals surface area contributed by atoms with E-state index in [-0.39, 0.29) is 11.8 Å². The second-order valence-electron chi connectivity index (χ2n) is 6.57. The van der Waals surface area contributed by atoms with Gasteiger partial charge in [-0.1, -0.05) is 0 Å². The van der Waals surface area contributed by atoms with Gasteiger partial charge in [0, 0.05) is 31.4 Å². The topological polar surface area (TPSA) is 40.6 Å². The van der Waals surface area contributed by atoms with Crippen LogP contribution in [0.2, 0.25) is 0 Å². The molecular formula is C17H22N2O2. The summed E-state index contributed by atoms with van der Waals surface area (Å²) in [6, 6.07) is 5.66. The van der Waals surface area contributed by atoms with E-state index in [0.29, 0.717) is 5.56 Å². The van der Waals surface area contributed by atoms with Crippen molar-refractivity contribution < 1.29 is 9.59 Å². The molecule has 0 aliphatic carbocycles. The molecule has 4 heteroatoms. The van der Waals surface area contributed by atoms with E-state index < -0.39 is 5.41 Å². The summed E-state index contributed by atoms with van der Waals surface area (Å²) in [4.78, 5) is 28.5. The molecule has 0 aromatic heterocycles. The highest BCUT2D eigenvalue weighted by atomic mass is 16.2. The molecule has 0 bridgehead atoms. The van der Waals surface area contributed by atoms with Crippen molar-refractivity contribution in [1.82, 2.24) is 4.90 Å². The Labute approximate surface area is 125 Å². The van der Waals surface area contributed by atoms with Gasteiger partial charge in [0.25, 0.3) is 5.91 Å². The number of likely N-dealkylation sites (N-methyl/N-ethyl adjacent to an activating group) is 1.